The quantitative estimate of drug-likeness (QED) is 0.796. The summed E-state index contributed by atoms with van der Waals surface area (Å²) in [4.78, 5) is 10.4. The Hall–Kier alpha value is -1.39. The van der Waals surface area contributed by atoms with Crippen molar-refractivity contribution in [3.05, 3.63) is 18.0 Å². The van der Waals surface area contributed by atoms with Gasteiger partial charge in [0.25, 0.3) is 0 Å². The first-order valence-corrected chi connectivity index (χ1v) is 4.30. The van der Waals surface area contributed by atoms with Crippen LogP contribution in [0.1, 0.15) is 19.5 Å². The molecule has 0 aromatic carbocycles. The van der Waals surface area contributed by atoms with Crippen LogP contribution in [0.2, 0.25) is 0 Å². The van der Waals surface area contributed by atoms with Crippen LogP contribution in [0.4, 0.5) is 4.39 Å². The lowest BCUT2D eigenvalue weighted by molar-refractivity contribution is -0.136. The minimum atomic E-state index is -1.39. The molecule has 0 fully saturated rings. The van der Waals surface area contributed by atoms with E-state index in [4.69, 9.17) is 5.11 Å². The van der Waals surface area contributed by atoms with Crippen LogP contribution in [0.3, 0.4) is 0 Å². The van der Waals surface area contributed by atoms with Gasteiger partial charge in [-0.3, -0.25) is 9.48 Å². The van der Waals surface area contributed by atoms with E-state index in [-0.39, 0.29) is 13.0 Å². The molecular formula is C9H13FN2O2. The van der Waals surface area contributed by atoms with Gasteiger partial charge >= 0.3 is 5.97 Å². The van der Waals surface area contributed by atoms with E-state index in [2.05, 4.69) is 5.10 Å². The molecule has 4 nitrogen and oxygen atoms in total. The van der Waals surface area contributed by atoms with Gasteiger partial charge in [0.15, 0.2) is 0 Å². The van der Waals surface area contributed by atoms with Gasteiger partial charge in [0.1, 0.15) is 5.67 Å². The highest BCUT2D eigenvalue weighted by molar-refractivity contribution is 5.69. The second-order valence-corrected chi connectivity index (χ2v) is 3.77. The van der Waals surface area contributed by atoms with Gasteiger partial charge in [-0.05, 0) is 19.9 Å². The summed E-state index contributed by atoms with van der Waals surface area (Å²) in [5, 5.41) is 12.4. The number of aromatic nitrogens is 2. The third-order valence-electron chi connectivity index (χ3n) is 1.66. The number of alkyl halides is 1. The third kappa shape index (κ3) is 3.16. The fourth-order valence-electron chi connectivity index (χ4n) is 1.16. The zero-order valence-corrected chi connectivity index (χ0v) is 8.20. The van der Waals surface area contributed by atoms with Crippen molar-refractivity contribution >= 4 is 5.97 Å². The number of carboxylic acid groups (broad SMARTS) is 1. The molecule has 0 atom stereocenters. The molecule has 78 valence electrons. The highest BCUT2D eigenvalue weighted by Gasteiger charge is 2.18. The summed E-state index contributed by atoms with van der Waals surface area (Å²) in [5.41, 5.74) is -0.873. The molecule has 0 saturated heterocycles. The Morgan fingerprint density at radius 1 is 1.71 bits per heavy atom. The van der Waals surface area contributed by atoms with E-state index in [0.717, 1.165) is 0 Å². The van der Waals surface area contributed by atoms with Gasteiger partial charge in [0.2, 0.25) is 0 Å². The standard InChI is InChI=1S/C9H13FN2O2/c1-9(2,10)6-12-7(3-4-11-12)5-8(13)14/h3-4H,5-6H2,1-2H3,(H,13,14). The molecule has 1 aromatic heterocycles. The first-order chi connectivity index (χ1) is 6.38. The van der Waals surface area contributed by atoms with Gasteiger partial charge in [0, 0.05) is 11.9 Å². The van der Waals surface area contributed by atoms with E-state index >= 15 is 0 Å². The number of carboxylic acids is 1. The molecule has 0 bridgehead atoms. The Morgan fingerprint density at radius 3 is 2.86 bits per heavy atom. The van der Waals surface area contributed by atoms with Crippen LogP contribution in [-0.2, 0) is 17.8 Å². The Kier molecular flexibility index (Phi) is 2.88. The van der Waals surface area contributed by atoms with Crippen LogP contribution in [0.15, 0.2) is 12.3 Å². The molecule has 14 heavy (non-hydrogen) atoms. The molecule has 0 radical (unpaired) electrons. The number of halogens is 1. The van der Waals surface area contributed by atoms with Crippen molar-refractivity contribution in [2.24, 2.45) is 0 Å². The monoisotopic (exact) mass is 200 g/mol. The molecule has 0 unspecified atom stereocenters. The van der Waals surface area contributed by atoms with E-state index in [0.29, 0.717) is 5.69 Å². The molecule has 0 aliphatic heterocycles. The van der Waals surface area contributed by atoms with Crippen LogP contribution in [0.5, 0.6) is 0 Å². The Morgan fingerprint density at radius 2 is 2.36 bits per heavy atom. The minimum Gasteiger partial charge on any atom is -0.481 e. The number of rotatable bonds is 4. The van der Waals surface area contributed by atoms with Crippen molar-refractivity contribution in [3.63, 3.8) is 0 Å². The Balaban J connectivity index is 2.77. The molecule has 1 aromatic rings. The summed E-state index contributed by atoms with van der Waals surface area (Å²) in [6.07, 6.45) is 1.35. The molecule has 1 N–H and O–H groups in total. The van der Waals surface area contributed by atoms with Crippen LogP contribution in [-0.4, -0.2) is 26.5 Å². The first-order valence-electron chi connectivity index (χ1n) is 4.30. The summed E-state index contributed by atoms with van der Waals surface area (Å²) in [6.45, 7) is 2.93. The number of carbonyl (C=O) groups is 1. The van der Waals surface area contributed by atoms with Crippen LogP contribution < -0.4 is 0 Å². The SMILES string of the molecule is CC(C)(F)Cn1nccc1CC(=O)O. The van der Waals surface area contributed by atoms with Crippen molar-refractivity contribution in [2.75, 3.05) is 0 Å². The maximum atomic E-state index is 13.3. The predicted octanol–water partition coefficient (Wildman–Crippen LogP) is 1.26. The fraction of sp³-hybridized carbons (Fsp3) is 0.556. The fourth-order valence-corrected chi connectivity index (χ4v) is 1.16. The normalized spacial score (nSPS) is 11.6. The summed E-state index contributed by atoms with van der Waals surface area (Å²) < 4.78 is 14.6. The second kappa shape index (κ2) is 3.77. The Labute approximate surface area is 81.3 Å². The predicted molar refractivity (Wildman–Crippen MR) is 48.8 cm³/mol. The molecule has 0 saturated carbocycles. The van der Waals surface area contributed by atoms with Crippen molar-refractivity contribution in [3.8, 4) is 0 Å². The van der Waals surface area contributed by atoms with E-state index < -0.39 is 11.6 Å². The van der Waals surface area contributed by atoms with Gasteiger partial charge < -0.3 is 5.11 Å². The maximum absolute atomic E-state index is 13.3. The number of nitrogens with zero attached hydrogens (tertiary/aromatic N) is 2. The Bertz CT molecular complexity index is 328. The average molecular weight is 200 g/mol. The summed E-state index contributed by atoms with van der Waals surface area (Å²) >= 11 is 0. The lowest BCUT2D eigenvalue weighted by Crippen LogP contribution is -2.23. The number of hydrogen-bond acceptors (Lipinski definition) is 2. The molecule has 0 spiro atoms. The smallest absolute Gasteiger partial charge is 0.309 e. The lowest BCUT2D eigenvalue weighted by atomic mass is 10.2. The number of aliphatic carboxylic acids is 1. The topological polar surface area (TPSA) is 55.1 Å². The minimum absolute atomic E-state index is 0.0720. The van der Waals surface area contributed by atoms with Crippen molar-refractivity contribution < 1.29 is 14.3 Å². The van der Waals surface area contributed by atoms with E-state index in [1.807, 2.05) is 0 Å². The van der Waals surface area contributed by atoms with Crippen LogP contribution in [0, 0.1) is 0 Å². The zero-order valence-electron chi connectivity index (χ0n) is 8.20. The molecule has 1 rings (SSSR count). The average Bonchev–Trinajstić information content (AvgIpc) is 2.32. The van der Waals surface area contributed by atoms with Crippen LogP contribution in [0.25, 0.3) is 0 Å². The van der Waals surface area contributed by atoms with Crippen molar-refractivity contribution in [1.29, 1.82) is 0 Å². The van der Waals surface area contributed by atoms with Crippen molar-refractivity contribution in [1.82, 2.24) is 9.78 Å². The highest BCUT2D eigenvalue weighted by atomic mass is 19.1. The zero-order chi connectivity index (χ0) is 10.8. The van der Waals surface area contributed by atoms with Crippen LogP contribution >= 0.6 is 0 Å². The van der Waals surface area contributed by atoms with Gasteiger partial charge in [-0.25, -0.2) is 4.39 Å². The lowest BCUT2D eigenvalue weighted by Gasteiger charge is -2.15. The van der Waals surface area contributed by atoms with Crippen molar-refractivity contribution in [2.45, 2.75) is 32.5 Å². The van der Waals surface area contributed by atoms with E-state index in [1.54, 1.807) is 6.07 Å². The largest absolute Gasteiger partial charge is 0.481 e. The first kappa shape index (κ1) is 10.7. The molecular weight excluding hydrogens is 187 g/mol. The second-order valence-electron chi connectivity index (χ2n) is 3.77. The molecule has 0 amide bonds. The van der Waals surface area contributed by atoms with Gasteiger partial charge in [-0.2, -0.15) is 5.10 Å². The molecule has 0 aliphatic carbocycles. The molecule has 0 aliphatic rings. The van der Waals surface area contributed by atoms with E-state index in [9.17, 15) is 9.18 Å². The maximum Gasteiger partial charge on any atom is 0.309 e. The van der Waals surface area contributed by atoms with Gasteiger partial charge in [-0.15, -0.1) is 0 Å². The third-order valence-corrected chi connectivity index (χ3v) is 1.66. The molecule has 1 heterocycles. The molecule has 5 heteroatoms. The van der Waals surface area contributed by atoms with Gasteiger partial charge in [-0.1, -0.05) is 0 Å². The summed E-state index contributed by atoms with van der Waals surface area (Å²) in [6, 6.07) is 1.58. The van der Waals surface area contributed by atoms with E-state index in [1.165, 1.54) is 24.7 Å². The van der Waals surface area contributed by atoms with Gasteiger partial charge in [0.05, 0.1) is 13.0 Å². The summed E-state index contributed by atoms with van der Waals surface area (Å²) in [7, 11) is 0. The summed E-state index contributed by atoms with van der Waals surface area (Å²) in [5.74, 6) is -0.941. The number of hydrogen-bond donors (Lipinski definition) is 1. The highest BCUT2D eigenvalue weighted by Crippen LogP contribution is 2.13.